The van der Waals surface area contributed by atoms with Gasteiger partial charge in [0.1, 0.15) is 12.2 Å². The largest absolute Gasteiger partial charge is 0.329 e. The number of carbonyl (C=O) groups is 3. The topological polar surface area (TPSA) is 83.4 Å². The van der Waals surface area contributed by atoms with Crippen molar-refractivity contribution in [3.05, 3.63) is 87.3 Å². The second-order valence-electron chi connectivity index (χ2n) is 8.34. The molecule has 0 unspecified atom stereocenters. The average Bonchev–Trinajstić information content (AvgIpc) is 3.19. The number of hydrogen-bond acceptors (Lipinski definition) is 3. The SMILES string of the molecule is Cc1cccc(NC(=O)CN2C(=O)N/C(=C/c3cc(C)n(-c4cccc(Cl)c4C)c3C)C2=O)c1. The third-order valence-electron chi connectivity index (χ3n) is 5.82. The highest BCUT2D eigenvalue weighted by Gasteiger charge is 2.35. The van der Waals surface area contributed by atoms with Gasteiger partial charge in [-0.15, -0.1) is 0 Å². The van der Waals surface area contributed by atoms with Gasteiger partial charge in [0, 0.05) is 27.8 Å². The molecule has 174 valence electrons. The minimum atomic E-state index is -0.630. The van der Waals surface area contributed by atoms with Gasteiger partial charge in [0.05, 0.1) is 0 Å². The number of anilines is 1. The Morgan fingerprint density at radius 3 is 2.53 bits per heavy atom. The third kappa shape index (κ3) is 4.47. The first-order valence-corrected chi connectivity index (χ1v) is 11.2. The molecular formula is C26H25ClN4O3. The molecule has 0 saturated carbocycles. The number of amides is 4. The summed E-state index contributed by atoms with van der Waals surface area (Å²) in [6.07, 6.45) is 1.64. The maximum absolute atomic E-state index is 12.9. The number of nitrogens with zero attached hydrogens (tertiary/aromatic N) is 2. The highest BCUT2D eigenvalue weighted by molar-refractivity contribution is 6.31. The Labute approximate surface area is 203 Å². The van der Waals surface area contributed by atoms with Crippen LogP contribution >= 0.6 is 11.6 Å². The fourth-order valence-electron chi connectivity index (χ4n) is 4.08. The second kappa shape index (κ2) is 9.19. The number of aromatic nitrogens is 1. The summed E-state index contributed by atoms with van der Waals surface area (Å²) in [6, 6.07) is 14.3. The number of rotatable bonds is 5. The van der Waals surface area contributed by atoms with Crippen LogP contribution in [0.1, 0.15) is 28.1 Å². The van der Waals surface area contributed by atoms with Crippen LogP contribution in [0.5, 0.6) is 0 Å². The fraction of sp³-hybridized carbons (Fsp3) is 0.192. The number of imide groups is 1. The summed E-state index contributed by atoms with van der Waals surface area (Å²) < 4.78 is 2.06. The molecule has 2 N–H and O–H groups in total. The Morgan fingerprint density at radius 2 is 1.79 bits per heavy atom. The van der Waals surface area contributed by atoms with Crippen LogP contribution in [0.3, 0.4) is 0 Å². The highest BCUT2D eigenvalue weighted by atomic mass is 35.5. The fourth-order valence-corrected chi connectivity index (χ4v) is 4.25. The molecule has 0 atom stereocenters. The van der Waals surface area contributed by atoms with E-state index in [-0.39, 0.29) is 12.2 Å². The molecule has 8 heteroatoms. The van der Waals surface area contributed by atoms with E-state index in [1.807, 2.05) is 70.2 Å². The Balaban J connectivity index is 1.56. The first kappa shape index (κ1) is 23.3. The number of nitrogens with one attached hydrogen (secondary N) is 2. The zero-order valence-electron chi connectivity index (χ0n) is 19.4. The van der Waals surface area contributed by atoms with Crippen molar-refractivity contribution >= 4 is 41.2 Å². The Kier molecular flexibility index (Phi) is 6.30. The molecular weight excluding hydrogens is 452 g/mol. The molecule has 1 fully saturated rings. The normalized spacial score (nSPS) is 14.6. The van der Waals surface area contributed by atoms with Crippen molar-refractivity contribution in [1.82, 2.24) is 14.8 Å². The zero-order chi connectivity index (χ0) is 24.6. The molecule has 0 aliphatic carbocycles. The van der Waals surface area contributed by atoms with Crippen molar-refractivity contribution in [3.8, 4) is 5.69 Å². The number of benzene rings is 2. The van der Waals surface area contributed by atoms with E-state index in [4.69, 9.17) is 11.6 Å². The maximum atomic E-state index is 12.9. The van der Waals surface area contributed by atoms with Crippen LogP contribution in [-0.2, 0) is 9.59 Å². The van der Waals surface area contributed by atoms with Crippen molar-refractivity contribution in [3.63, 3.8) is 0 Å². The van der Waals surface area contributed by atoms with E-state index >= 15 is 0 Å². The predicted molar refractivity (Wildman–Crippen MR) is 133 cm³/mol. The van der Waals surface area contributed by atoms with Gasteiger partial charge in [-0.05, 0) is 80.8 Å². The highest BCUT2D eigenvalue weighted by Crippen LogP contribution is 2.28. The Morgan fingerprint density at radius 1 is 1.06 bits per heavy atom. The van der Waals surface area contributed by atoms with Crippen LogP contribution < -0.4 is 10.6 Å². The number of aryl methyl sites for hydroxylation is 2. The Bertz CT molecular complexity index is 1360. The molecule has 7 nitrogen and oxygen atoms in total. The lowest BCUT2D eigenvalue weighted by molar-refractivity contribution is -0.127. The molecule has 2 aromatic carbocycles. The number of halogens is 1. The summed E-state index contributed by atoms with van der Waals surface area (Å²) in [5.74, 6) is -1.00. The predicted octanol–water partition coefficient (Wildman–Crippen LogP) is 4.90. The van der Waals surface area contributed by atoms with Gasteiger partial charge in [-0.2, -0.15) is 0 Å². The molecule has 1 aliphatic rings. The van der Waals surface area contributed by atoms with Crippen molar-refractivity contribution in [1.29, 1.82) is 0 Å². The summed E-state index contributed by atoms with van der Waals surface area (Å²) in [5.41, 5.74) is 6.25. The van der Waals surface area contributed by atoms with Gasteiger partial charge in [0.25, 0.3) is 5.91 Å². The lowest BCUT2D eigenvalue weighted by Crippen LogP contribution is -2.38. The first-order valence-electron chi connectivity index (χ1n) is 10.8. The molecule has 0 radical (unpaired) electrons. The van der Waals surface area contributed by atoms with Gasteiger partial charge in [-0.3, -0.25) is 9.59 Å². The van der Waals surface area contributed by atoms with E-state index in [1.54, 1.807) is 12.1 Å². The van der Waals surface area contributed by atoms with Crippen LogP contribution in [0.4, 0.5) is 10.5 Å². The van der Waals surface area contributed by atoms with E-state index < -0.39 is 17.8 Å². The summed E-state index contributed by atoms with van der Waals surface area (Å²) in [4.78, 5) is 38.7. The minimum absolute atomic E-state index is 0.122. The van der Waals surface area contributed by atoms with Gasteiger partial charge in [0.2, 0.25) is 5.91 Å². The van der Waals surface area contributed by atoms with Crippen molar-refractivity contribution in [2.45, 2.75) is 27.7 Å². The van der Waals surface area contributed by atoms with Gasteiger partial charge in [-0.25, -0.2) is 9.69 Å². The number of carbonyl (C=O) groups excluding carboxylic acids is 3. The monoisotopic (exact) mass is 476 g/mol. The number of hydrogen-bond donors (Lipinski definition) is 2. The summed E-state index contributed by atoms with van der Waals surface area (Å²) >= 11 is 6.31. The van der Waals surface area contributed by atoms with Crippen LogP contribution in [0.2, 0.25) is 5.02 Å². The van der Waals surface area contributed by atoms with Crippen LogP contribution in [0.15, 0.2) is 54.2 Å². The lowest BCUT2D eigenvalue weighted by atomic mass is 10.2. The van der Waals surface area contributed by atoms with E-state index in [0.717, 1.165) is 38.7 Å². The van der Waals surface area contributed by atoms with Gasteiger partial charge >= 0.3 is 6.03 Å². The smallest absolute Gasteiger partial charge is 0.325 e. The minimum Gasteiger partial charge on any atom is -0.325 e. The molecule has 1 aliphatic heterocycles. The summed E-state index contributed by atoms with van der Waals surface area (Å²) in [6.45, 7) is 7.39. The average molecular weight is 477 g/mol. The molecule has 4 amide bonds. The molecule has 2 heterocycles. The van der Waals surface area contributed by atoms with E-state index in [0.29, 0.717) is 10.7 Å². The van der Waals surface area contributed by atoms with E-state index in [1.165, 1.54) is 0 Å². The van der Waals surface area contributed by atoms with Crippen LogP contribution in [-0.4, -0.2) is 33.9 Å². The van der Waals surface area contributed by atoms with Crippen molar-refractivity contribution in [2.75, 3.05) is 11.9 Å². The lowest BCUT2D eigenvalue weighted by Gasteiger charge is -2.13. The van der Waals surface area contributed by atoms with Crippen LogP contribution in [0, 0.1) is 27.7 Å². The van der Waals surface area contributed by atoms with E-state index in [2.05, 4.69) is 15.2 Å². The van der Waals surface area contributed by atoms with Gasteiger partial charge in [0.15, 0.2) is 0 Å². The maximum Gasteiger partial charge on any atom is 0.329 e. The van der Waals surface area contributed by atoms with Crippen LogP contribution in [0.25, 0.3) is 11.8 Å². The molecule has 34 heavy (non-hydrogen) atoms. The molecule has 4 rings (SSSR count). The van der Waals surface area contributed by atoms with E-state index in [9.17, 15) is 14.4 Å². The standard InChI is InChI=1S/C26H25ClN4O3/c1-15-7-5-8-20(11-15)28-24(32)14-30-25(33)22(29-26(30)34)13-19-12-16(2)31(18(19)4)23-10-6-9-21(27)17(23)3/h5-13H,14H2,1-4H3,(H,28,32)(H,29,34)/b22-13+. The van der Waals surface area contributed by atoms with Gasteiger partial charge < -0.3 is 15.2 Å². The quantitative estimate of drug-likeness (QED) is 0.406. The Hall–Kier alpha value is -3.84. The van der Waals surface area contributed by atoms with Crippen molar-refractivity contribution in [2.24, 2.45) is 0 Å². The molecule has 0 bridgehead atoms. The molecule has 1 saturated heterocycles. The van der Waals surface area contributed by atoms with Gasteiger partial charge in [-0.1, -0.05) is 29.8 Å². The third-order valence-corrected chi connectivity index (χ3v) is 6.23. The zero-order valence-corrected chi connectivity index (χ0v) is 20.2. The first-order chi connectivity index (χ1) is 16.2. The second-order valence-corrected chi connectivity index (χ2v) is 8.75. The summed E-state index contributed by atoms with van der Waals surface area (Å²) in [7, 11) is 0. The number of urea groups is 1. The summed E-state index contributed by atoms with van der Waals surface area (Å²) in [5, 5.41) is 5.97. The molecule has 1 aromatic heterocycles. The molecule has 0 spiro atoms. The van der Waals surface area contributed by atoms with Crippen molar-refractivity contribution < 1.29 is 14.4 Å². The molecule has 3 aromatic rings.